The molecule has 6 nitrogen and oxygen atoms in total. The van der Waals surface area contributed by atoms with Crippen molar-refractivity contribution < 1.29 is 19.1 Å². The Morgan fingerprint density at radius 1 is 1.15 bits per heavy atom. The maximum atomic E-state index is 12.9. The molecule has 0 aliphatic carbocycles. The number of thioether (sulfide) groups is 1. The first-order valence-electron chi connectivity index (χ1n) is 10.8. The van der Waals surface area contributed by atoms with Crippen LogP contribution in [0.25, 0.3) is 6.08 Å². The van der Waals surface area contributed by atoms with Gasteiger partial charge in [-0.05, 0) is 54.7 Å². The molecule has 1 fully saturated rings. The van der Waals surface area contributed by atoms with Crippen LogP contribution in [-0.4, -0.2) is 47.2 Å². The summed E-state index contributed by atoms with van der Waals surface area (Å²) in [5, 5.41) is 0. The molecule has 2 aromatic rings. The van der Waals surface area contributed by atoms with Gasteiger partial charge in [-0.3, -0.25) is 14.5 Å². The third-order valence-electron chi connectivity index (χ3n) is 5.69. The molecule has 8 heteroatoms. The zero-order valence-corrected chi connectivity index (χ0v) is 19.9. The molecule has 0 N–H and O–H groups in total. The van der Waals surface area contributed by atoms with Gasteiger partial charge in [-0.15, -0.1) is 0 Å². The highest BCUT2D eigenvalue weighted by Crippen LogP contribution is 2.33. The summed E-state index contributed by atoms with van der Waals surface area (Å²) in [5.74, 6) is -0.484. The second-order valence-corrected chi connectivity index (χ2v) is 9.50. The van der Waals surface area contributed by atoms with Crippen LogP contribution in [0.1, 0.15) is 40.7 Å². The summed E-state index contributed by atoms with van der Waals surface area (Å²) in [6.07, 6.45) is 4.62. The number of methoxy groups -OCH3 is 1. The highest BCUT2D eigenvalue weighted by atomic mass is 32.2. The number of anilines is 1. The number of carbonyl (C=O) groups excluding carboxylic acids is 3. The van der Waals surface area contributed by atoms with E-state index in [2.05, 4.69) is 6.07 Å². The van der Waals surface area contributed by atoms with Gasteiger partial charge in [-0.25, -0.2) is 4.79 Å². The number of hydrogen-bond acceptors (Lipinski definition) is 6. The number of fused-ring (bicyclic) bond motifs is 1. The lowest BCUT2D eigenvalue weighted by molar-refractivity contribution is -0.123. The number of nitrogens with zero attached hydrogens (tertiary/aromatic N) is 2. The number of amides is 2. The highest BCUT2D eigenvalue weighted by molar-refractivity contribution is 8.26. The number of rotatable bonds is 6. The van der Waals surface area contributed by atoms with Crippen molar-refractivity contribution in [3.05, 3.63) is 70.1 Å². The summed E-state index contributed by atoms with van der Waals surface area (Å²) in [4.78, 5) is 41.2. The number of esters is 1. The summed E-state index contributed by atoms with van der Waals surface area (Å²) < 4.78 is 5.20. The van der Waals surface area contributed by atoms with Crippen molar-refractivity contribution in [2.24, 2.45) is 0 Å². The predicted octanol–water partition coefficient (Wildman–Crippen LogP) is 4.43. The molecule has 2 amide bonds. The lowest BCUT2D eigenvalue weighted by atomic mass is 10.0. The number of benzene rings is 2. The van der Waals surface area contributed by atoms with E-state index >= 15 is 0 Å². The lowest BCUT2D eigenvalue weighted by Crippen LogP contribution is -2.36. The van der Waals surface area contributed by atoms with E-state index in [-0.39, 0.29) is 11.8 Å². The van der Waals surface area contributed by atoms with E-state index in [0.717, 1.165) is 30.6 Å². The molecule has 0 bridgehead atoms. The molecule has 0 spiro atoms. The van der Waals surface area contributed by atoms with E-state index in [0.29, 0.717) is 34.2 Å². The number of hydrogen-bond donors (Lipinski definition) is 0. The number of thiocarbonyl (C=S) groups is 1. The van der Waals surface area contributed by atoms with Gasteiger partial charge in [-0.2, -0.15) is 0 Å². The van der Waals surface area contributed by atoms with E-state index in [4.69, 9.17) is 17.0 Å². The Balaban J connectivity index is 1.35. The predicted molar refractivity (Wildman–Crippen MR) is 134 cm³/mol. The third-order valence-corrected chi connectivity index (χ3v) is 7.06. The van der Waals surface area contributed by atoms with Crippen molar-refractivity contribution in [3.63, 3.8) is 0 Å². The number of aryl methyl sites for hydroxylation is 1. The average molecular weight is 481 g/mol. The van der Waals surface area contributed by atoms with Gasteiger partial charge in [0.15, 0.2) is 0 Å². The first-order valence-corrected chi connectivity index (χ1v) is 12.0. The Kier molecular flexibility index (Phi) is 7.25. The van der Waals surface area contributed by atoms with Gasteiger partial charge in [0.2, 0.25) is 5.91 Å². The van der Waals surface area contributed by atoms with E-state index in [1.54, 1.807) is 35.2 Å². The van der Waals surface area contributed by atoms with Crippen LogP contribution in [0.3, 0.4) is 0 Å². The summed E-state index contributed by atoms with van der Waals surface area (Å²) in [7, 11) is 1.33. The summed E-state index contributed by atoms with van der Waals surface area (Å²) in [6, 6.07) is 14.9. The molecule has 2 heterocycles. The average Bonchev–Trinajstić information content (AvgIpc) is 3.10. The molecule has 170 valence electrons. The van der Waals surface area contributed by atoms with Crippen molar-refractivity contribution in [3.8, 4) is 0 Å². The van der Waals surface area contributed by atoms with Crippen molar-refractivity contribution in [1.82, 2.24) is 4.90 Å². The maximum absolute atomic E-state index is 12.9. The molecule has 0 unspecified atom stereocenters. The molecule has 1 saturated heterocycles. The second-order valence-electron chi connectivity index (χ2n) is 7.83. The zero-order chi connectivity index (χ0) is 23.4. The van der Waals surface area contributed by atoms with E-state index < -0.39 is 5.97 Å². The molecule has 2 aliphatic heterocycles. The summed E-state index contributed by atoms with van der Waals surface area (Å²) in [5.41, 5.74) is 3.45. The largest absolute Gasteiger partial charge is 0.465 e. The zero-order valence-electron chi connectivity index (χ0n) is 18.3. The maximum Gasteiger partial charge on any atom is 0.337 e. The van der Waals surface area contributed by atoms with Crippen LogP contribution in [-0.2, 0) is 20.7 Å². The monoisotopic (exact) mass is 480 g/mol. The molecular formula is C25H24N2O4S2. The van der Waals surface area contributed by atoms with Crippen molar-refractivity contribution in [2.45, 2.75) is 25.7 Å². The molecular weight excluding hydrogens is 456 g/mol. The minimum Gasteiger partial charge on any atom is -0.465 e. The van der Waals surface area contributed by atoms with E-state index in [1.807, 2.05) is 23.1 Å². The normalized spacial score (nSPS) is 16.8. The Morgan fingerprint density at radius 3 is 2.67 bits per heavy atom. The van der Waals surface area contributed by atoms with Gasteiger partial charge in [0.05, 0.1) is 17.6 Å². The minimum absolute atomic E-state index is 0.0776. The Hall–Kier alpha value is -2.97. The third kappa shape index (κ3) is 5.17. The van der Waals surface area contributed by atoms with Gasteiger partial charge in [-0.1, -0.05) is 54.3 Å². The molecule has 0 saturated carbocycles. The van der Waals surface area contributed by atoms with Crippen molar-refractivity contribution in [1.29, 1.82) is 0 Å². The fourth-order valence-electron chi connectivity index (χ4n) is 3.99. The molecule has 2 aliphatic rings. The fraction of sp³-hybridized carbons (Fsp3) is 0.280. The number of para-hydroxylation sites is 1. The first kappa shape index (κ1) is 23.2. The van der Waals surface area contributed by atoms with Crippen LogP contribution in [0.15, 0.2) is 53.4 Å². The summed E-state index contributed by atoms with van der Waals surface area (Å²) in [6.45, 7) is 1.14. The molecule has 0 atom stereocenters. The van der Waals surface area contributed by atoms with Crippen LogP contribution in [0, 0.1) is 0 Å². The van der Waals surface area contributed by atoms with Crippen LogP contribution in [0.2, 0.25) is 0 Å². The van der Waals surface area contributed by atoms with Gasteiger partial charge >= 0.3 is 5.97 Å². The molecule has 0 aromatic heterocycles. The van der Waals surface area contributed by atoms with E-state index in [9.17, 15) is 14.4 Å². The Bertz CT molecular complexity index is 1130. The van der Waals surface area contributed by atoms with E-state index in [1.165, 1.54) is 24.4 Å². The van der Waals surface area contributed by atoms with Gasteiger partial charge in [0.25, 0.3) is 5.91 Å². The Labute approximate surface area is 202 Å². The van der Waals surface area contributed by atoms with Crippen LogP contribution < -0.4 is 4.90 Å². The van der Waals surface area contributed by atoms with Crippen molar-refractivity contribution >= 4 is 57.8 Å². The second kappa shape index (κ2) is 10.3. The molecule has 33 heavy (non-hydrogen) atoms. The van der Waals surface area contributed by atoms with Crippen LogP contribution >= 0.6 is 24.0 Å². The molecule has 4 rings (SSSR count). The quantitative estimate of drug-likeness (QED) is 0.346. The molecule has 0 radical (unpaired) electrons. The topological polar surface area (TPSA) is 66.9 Å². The van der Waals surface area contributed by atoms with Gasteiger partial charge in [0, 0.05) is 25.2 Å². The van der Waals surface area contributed by atoms with Gasteiger partial charge in [0.1, 0.15) is 4.32 Å². The van der Waals surface area contributed by atoms with Crippen LogP contribution in [0.4, 0.5) is 5.69 Å². The Morgan fingerprint density at radius 2 is 1.91 bits per heavy atom. The van der Waals surface area contributed by atoms with Crippen molar-refractivity contribution in [2.75, 3.05) is 25.1 Å². The smallest absolute Gasteiger partial charge is 0.337 e. The summed E-state index contributed by atoms with van der Waals surface area (Å²) >= 11 is 6.66. The minimum atomic E-state index is -0.407. The number of carbonyl (C=O) groups is 3. The fourth-order valence-corrected chi connectivity index (χ4v) is 5.30. The standard InChI is InChI=1S/C25H24N2O4S2/c1-31-24(30)19-12-10-17(11-13-19)16-21-23(29)27(25(32)33-21)15-5-9-22(28)26-14-4-7-18-6-2-3-8-20(18)26/h2-3,6,8,10-13,16H,4-5,7,9,14-15H2,1H3. The highest BCUT2D eigenvalue weighted by Gasteiger charge is 2.32. The van der Waals surface area contributed by atoms with Gasteiger partial charge < -0.3 is 9.64 Å². The molecule has 2 aromatic carbocycles. The SMILES string of the molecule is COC(=O)c1ccc(C=C2SC(=S)N(CCCC(=O)N3CCCc4ccccc43)C2=O)cc1. The first-order chi connectivity index (χ1) is 16.0. The number of ether oxygens (including phenoxy) is 1. The lowest BCUT2D eigenvalue weighted by Gasteiger charge is -2.29. The van der Waals surface area contributed by atoms with Crippen LogP contribution in [0.5, 0.6) is 0 Å².